The van der Waals surface area contributed by atoms with E-state index in [4.69, 9.17) is 49.8 Å². The molecule has 2 aliphatic heterocycles. The van der Waals surface area contributed by atoms with Crippen molar-refractivity contribution in [2.24, 2.45) is 0 Å². The maximum Gasteiger partial charge on any atom is -0.0606 e. The second-order valence-electron chi connectivity index (χ2n) is 18.5. The summed E-state index contributed by atoms with van der Waals surface area (Å²) in [5, 5.41) is 7.86. The SMILES string of the molecule is Cc1cc(C)cc([PH+](c2cc(C)cc(C)c2)c2ccc3c(c2-c2c([PH+](c4cc(C)cc(C)c4)c4cc(C)cc(C)c4)ccc4c2OCO4)OCO3)c1.[Cl][Ru+2][Cl].[NH-][C@H](c1ccccc1)[C@H]([NH-])c1ccccc1. The van der Waals surface area contributed by atoms with Gasteiger partial charge in [-0.25, -0.2) is 0 Å². The van der Waals surface area contributed by atoms with E-state index in [-0.39, 0.29) is 28.7 Å². The second-order valence-corrected chi connectivity index (χ2v) is 26.1. The summed E-state index contributed by atoms with van der Waals surface area (Å²) >= 11 is -0.346. The van der Waals surface area contributed by atoms with E-state index in [1.165, 1.54) is 76.3 Å². The number of rotatable bonds is 10. The number of ether oxygens (including phenoxy) is 4. The zero-order chi connectivity index (χ0) is 50.3. The monoisotopic (exact) mass is 1110 g/mol. The van der Waals surface area contributed by atoms with Crippen LogP contribution in [0.15, 0.2) is 158 Å². The van der Waals surface area contributed by atoms with Crippen LogP contribution in [-0.4, -0.2) is 13.6 Å². The molecule has 0 radical (unpaired) electrons. The van der Waals surface area contributed by atoms with Crippen LogP contribution < -0.4 is 50.8 Å². The number of fused-ring (bicyclic) bond motifs is 2. The zero-order valence-electron chi connectivity index (χ0n) is 41.3. The van der Waals surface area contributed by atoms with Crippen molar-refractivity contribution in [1.82, 2.24) is 0 Å². The third kappa shape index (κ3) is 12.2. The van der Waals surface area contributed by atoms with Gasteiger partial charge in [0.05, 0.1) is 27.0 Å². The van der Waals surface area contributed by atoms with Crippen LogP contribution in [0.2, 0.25) is 0 Å². The van der Waals surface area contributed by atoms with E-state index in [0.29, 0.717) is 0 Å². The van der Waals surface area contributed by atoms with E-state index in [2.05, 4.69) is 152 Å². The standard InChI is InChI=1S/C46H44O4P2.C14H14N2.2ClH.Ru/c1-27-13-28(2)18-35(17-27)51(36-19-29(3)14-30(4)20-36)41-11-9-39-45(49-25-47-39)43(41)44-42(12-10-40-46(44)50-26-48-40)52(37-21-31(5)15-32(6)22-37)38-23-33(7)16-34(8)24-38;15-13(11-7-3-1-4-8-11)14(16)12-9-5-2-6-10-12;;;/h9-24H,25-26H2,1-8H3;1-10,13-16H;2*1H;/q;-2;;;+4/t;13-,14-;;;/m.1.../s1. The first kappa shape index (κ1) is 52.3. The summed E-state index contributed by atoms with van der Waals surface area (Å²) in [6, 6.07) is 55.0. The number of hydrogen-bond donors (Lipinski definition) is 0. The van der Waals surface area contributed by atoms with Gasteiger partial charge in [0.25, 0.3) is 0 Å². The first-order valence-corrected chi connectivity index (χ1v) is 31.0. The fourth-order valence-corrected chi connectivity index (χ4v) is 16.4. The molecule has 364 valence electrons. The van der Waals surface area contributed by atoms with Crippen LogP contribution in [-0.2, 0) is 15.1 Å². The zero-order valence-corrected chi connectivity index (χ0v) is 46.6. The molecule has 0 fully saturated rings. The Morgan fingerprint density at radius 3 is 0.930 bits per heavy atom. The second kappa shape index (κ2) is 23.7. The predicted octanol–water partition coefficient (Wildman–Crippen LogP) is 14.2. The molecule has 0 unspecified atom stereocenters. The van der Waals surface area contributed by atoms with Gasteiger partial charge in [0, 0.05) is 0 Å². The van der Waals surface area contributed by atoms with Crippen molar-refractivity contribution in [2.45, 2.75) is 67.5 Å². The van der Waals surface area contributed by atoms with E-state index < -0.39 is 27.9 Å². The number of hydrogen-bond acceptors (Lipinski definition) is 4. The third-order valence-corrected chi connectivity index (χ3v) is 17.9. The average molecular weight is 1110 g/mol. The molecule has 71 heavy (non-hydrogen) atoms. The van der Waals surface area contributed by atoms with Crippen LogP contribution in [0.4, 0.5) is 0 Å². The minimum absolute atomic E-state index is 0.175. The van der Waals surface area contributed by atoms with E-state index >= 15 is 0 Å². The molecule has 2 atom stereocenters. The molecule has 0 aromatic heterocycles. The number of aryl methyl sites for hydroxylation is 8. The minimum Gasteiger partial charge on any atom is -0.672 e. The number of benzene rings is 8. The summed E-state index contributed by atoms with van der Waals surface area (Å²) in [6.07, 6.45) is 0. The van der Waals surface area contributed by atoms with Crippen molar-refractivity contribution in [1.29, 1.82) is 0 Å². The Balaban J connectivity index is 0.000000298. The molecule has 0 saturated heterocycles. The normalized spacial score (nSPS) is 13.0. The molecule has 0 spiro atoms. The fraction of sp³-hybridized carbons (Fsp3) is 0.200. The molecule has 8 aromatic rings. The fourth-order valence-electron chi connectivity index (χ4n) is 9.99. The van der Waals surface area contributed by atoms with Crippen LogP contribution in [0, 0.1) is 55.4 Å². The number of nitrogens with one attached hydrogen (secondary N) is 2. The van der Waals surface area contributed by atoms with Crippen molar-refractivity contribution >= 4 is 67.1 Å². The predicted molar refractivity (Wildman–Crippen MR) is 301 cm³/mol. The molecule has 2 heterocycles. The summed E-state index contributed by atoms with van der Waals surface area (Å²) in [5.74, 6) is 3.08. The van der Waals surface area contributed by atoms with E-state index in [9.17, 15) is 0 Å². The molecule has 11 heteroatoms. The van der Waals surface area contributed by atoms with Gasteiger partial charge < -0.3 is 30.4 Å². The first-order chi connectivity index (χ1) is 34.2. The Morgan fingerprint density at radius 2 is 0.662 bits per heavy atom. The molecule has 8 aromatic carbocycles. The van der Waals surface area contributed by atoms with Crippen molar-refractivity contribution < 1.29 is 34.1 Å². The van der Waals surface area contributed by atoms with Crippen LogP contribution in [0.5, 0.6) is 23.0 Å². The van der Waals surface area contributed by atoms with Crippen LogP contribution >= 0.6 is 35.2 Å². The van der Waals surface area contributed by atoms with Gasteiger partial charge >= 0.3 is 34.5 Å². The van der Waals surface area contributed by atoms with Gasteiger partial charge in [-0.3, -0.25) is 0 Å². The number of halogens is 2. The topological polar surface area (TPSA) is 84.5 Å². The van der Waals surface area contributed by atoms with E-state index in [1.807, 2.05) is 60.7 Å². The Labute approximate surface area is 438 Å². The summed E-state index contributed by atoms with van der Waals surface area (Å²) in [6.45, 7) is 18.0. The van der Waals surface area contributed by atoms with Gasteiger partial charge in [-0.2, -0.15) is 0 Å². The Hall–Kier alpha value is -5.06. The molecule has 6 nitrogen and oxygen atoms in total. The van der Waals surface area contributed by atoms with E-state index in [0.717, 1.165) is 45.3 Å². The van der Waals surface area contributed by atoms with E-state index in [1.54, 1.807) is 0 Å². The molecule has 0 aliphatic carbocycles. The molecular weight excluding hydrogens is 1050 g/mol. The van der Waals surface area contributed by atoms with Gasteiger partial charge in [0.1, 0.15) is 31.8 Å². The summed E-state index contributed by atoms with van der Waals surface area (Å²) < 4.78 is 25.4. The van der Waals surface area contributed by atoms with Crippen molar-refractivity contribution in [3.63, 3.8) is 0 Å². The molecule has 2 N–H and O–H groups in total. The van der Waals surface area contributed by atoms with Crippen molar-refractivity contribution in [2.75, 3.05) is 13.6 Å². The van der Waals surface area contributed by atoms with Crippen LogP contribution in [0.3, 0.4) is 0 Å². The average Bonchev–Trinajstić information content (AvgIpc) is 4.02. The van der Waals surface area contributed by atoms with Crippen molar-refractivity contribution in [3.8, 4) is 34.1 Å². The largest absolute Gasteiger partial charge is 0.672 e. The van der Waals surface area contributed by atoms with Crippen LogP contribution in [0.25, 0.3) is 22.6 Å². The first-order valence-electron chi connectivity index (χ1n) is 23.5. The summed E-state index contributed by atoms with van der Waals surface area (Å²) in [7, 11) is 6.51. The molecule has 2 aliphatic rings. The minimum atomic E-state index is -1.60. The maximum atomic E-state index is 8.07. The summed E-state index contributed by atoms with van der Waals surface area (Å²) in [5.41, 5.74) is 30.1. The molecule has 0 saturated carbocycles. The van der Waals surface area contributed by atoms with Gasteiger partial charge in [0.15, 0.2) is 23.0 Å². The third-order valence-electron chi connectivity index (χ3n) is 12.6. The van der Waals surface area contributed by atoms with Crippen LogP contribution in [0.1, 0.15) is 67.7 Å². The van der Waals surface area contributed by atoms with Gasteiger partial charge in [-0.1, -0.05) is 96.1 Å². The molecule has 0 bridgehead atoms. The maximum absolute atomic E-state index is 8.07. The smallest absolute Gasteiger partial charge is 0.0606 e. The molecular formula is C60H60Cl2N2O4P2Ru+2. The summed E-state index contributed by atoms with van der Waals surface area (Å²) in [4.78, 5) is 0. The van der Waals surface area contributed by atoms with Gasteiger partial charge in [-0.05, 0) is 173 Å². The molecule has 10 rings (SSSR count). The van der Waals surface area contributed by atoms with Crippen molar-refractivity contribution in [3.05, 3.63) is 225 Å². The molecule has 0 amide bonds. The van der Waals surface area contributed by atoms with Gasteiger partial charge in [0.2, 0.25) is 13.6 Å². The Kier molecular flexibility index (Phi) is 17.4. The Morgan fingerprint density at radius 1 is 0.394 bits per heavy atom. The Bertz CT molecular complexity index is 2760. The van der Waals surface area contributed by atoms with Gasteiger partial charge in [-0.15, -0.1) is 12.1 Å². The quantitative estimate of drug-likeness (QED) is 0.101.